The lowest BCUT2D eigenvalue weighted by Gasteiger charge is -2.24. The second-order valence-corrected chi connectivity index (χ2v) is 9.74. The molecular weight excluding hydrogens is 511 g/mol. The Morgan fingerprint density at radius 2 is 1.79 bits per heavy atom. The number of carbonyl (C=O) groups excluding carboxylic acids is 2. The Balaban J connectivity index is 1.76. The monoisotopic (exact) mass is 545 g/mol. The van der Waals surface area contributed by atoms with Gasteiger partial charge in [-0.15, -0.1) is 0 Å². The number of pyridine rings is 1. The molecule has 3 rings (SSSR count). The van der Waals surface area contributed by atoms with Crippen molar-refractivity contribution in [3.05, 3.63) is 70.7 Å². The van der Waals surface area contributed by atoms with Gasteiger partial charge < -0.3 is 15.4 Å². The zero-order valence-corrected chi connectivity index (χ0v) is 22.7. The molecule has 8 nitrogen and oxygen atoms in total. The van der Waals surface area contributed by atoms with E-state index in [2.05, 4.69) is 34.6 Å². The predicted octanol–water partition coefficient (Wildman–Crippen LogP) is 5.79. The maximum absolute atomic E-state index is 13.1. The van der Waals surface area contributed by atoms with Gasteiger partial charge in [-0.3, -0.25) is 9.59 Å². The Morgan fingerprint density at radius 3 is 2.33 bits per heavy atom. The van der Waals surface area contributed by atoms with Gasteiger partial charge in [-0.2, -0.15) is 18.3 Å². The number of amides is 1. The molecule has 3 aromatic rings. The van der Waals surface area contributed by atoms with Crippen molar-refractivity contribution >= 4 is 17.7 Å². The van der Waals surface area contributed by atoms with Gasteiger partial charge in [0.1, 0.15) is 5.82 Å². The quantitative estimate of drug-likeness (QED) is 0.296. The fraction of sp³-hybridized carbons (Fsp3) is 0.429. The first kappa shape index (κ1) is 29.7. The van der Waals surface area contributed by atoms with Crippen LogP contribution in [0.3, 0.4) is 0 Å². The van der Waals surface area contributed by atoms with Crippen LogP contribution < -0.4 is 10.6 Å². The molecule has 1 atom stereocenters. The minimum absolute atomic E-state index is 0.0883. The van der Waals surface area contributed by atoms with Gasteiger partial charge in [0.05, 0.1) is 42.1 Å². The van der Waals surface area contributed by atoms with E-state index in [1.807, 2.05) is 26.0 Å². The Morgan fingerprint density at radius 1 is 1.10 bits per heavy atom. The molecule has 0 spiro atoms. The average Bonchev–Trinajstić information content (AvgIpc) is 3.34. The number of alkyl halides is 3. The first-order valence-electron chi connectivity index (χ1n) is 12.8. The van der Waals surface area contributed by atoms with E-state index >= 15 is 0 Å². The van der Waals surface area contributed by atoms with Crippen LogP contribution in [0.25, 0.3) is 5.69 Å². The van der Waals surface area contributed by atoms with Crippen LogP contribution in [-0.2, 0) is 15.7 Å². The summed E-state index contributed by atoms with van der Waals surface area (Å²) in [6.07, 6.45) is -0.313. The Hall–Kier alpha value is -3.89. The summed E-state index contributed by atoms with van der Waals surface area (Å²) in [7, 11) is 0. The lowest BCUT2D eigenvalue weighted by atomic mass is 9.93. The number of anilines is 1. The van der Waals surface area contributed by atoms with Crippen molar-refractivity contribution in [1.29, 1.82) is 0 Å². The number of benzene rings is 1. The third-order valence-corrected chi connectivity index (χ3v) is 6.03. The highest BCUT2D eigenvalue weighted by Gasteiger charge is 2.32. The third-order valence-electron chi connectivity index (χ3n) is 6.03. The van der Waals surface area contributed by atoms with E-state index in [1.165, 1.54) is 10.9 Å². The minimum atomic E-state index is -4.46. The number of aromatic nitrogens is 3. The Kier molecular flexibility index (Phi) is 9.71. The molecule has 1 aromatic carbocycles. The van der Waals surface area contributed by atoms with Gasteiger partial charge in [-0.25, -0.2) is 9.67 Å². The van der Waals surface area contributed by atoms with Gasteiger partial charge in [0.2, 0.25) is 0 Å². The van der Waals surface area contributed by atoms with Gasteiger partial charge >= 0.3 is 12.1 Å². The van der Waals surface area contributed by atoms with Crippen molar-refractivity contribution in [3.63, 3.8) is 0 Å². The van der Waals surface area contributed by atoms with Crippen LogP contribution in [-0.4, -0.2) is 39.8 Å². The van der Waals surface area contributed by atoms with E-state index in [0.717, 1.165) is 35.5 Å². The number of rotatable bonds is 11. The normalized spacial score (nSPS) is 12.3. The third kappa shape index (κ3) is 8.05. The highest BCUT2D eigenvalue weighted by Crippen LogP contribution is 2.32. The summed E-state index contributed by atoms with van der Waals surface area (Å²) in [6.45, 7) is 10.1. The predicted molar refractivity (Wildman–Crippen MR) is 142 cm³/mol. The topological polar surface area (TPSA) is 98.1 Å². The fourth-order valence-corrected chi connectivity index (χ4v) is 4.30. The van der Waals surface area contributed by atoms with Crippen LogP contribution in [0.4, 0.5) is 19.0 Å². The largest absolute Gasteiger partial charge is 0.466 e. The Bertz CT molecular complexity index is 1260. The molecule has 0 unspecified atom stereocenters. The van der Waals surface area contributed by atoms with E-state index < -0.39 is 11.7 Å². The highest BCUT2D eigenvalue weighted by atomic mass is 19.4. The van der Waals surface area contributed by atoms with Crippen molar-refractivity contribution in [2.75, 3.05) is 18.5 Å². The van der Waals surface area contributed by atoms with E-state index in [-0.39, 0.29) is 30.9 Å². The molecule has 2 N–H and O–H groups in total. The number of hydrogen-bond acceptors (Lipinski definition) is 6. The summed E-state index contributed by atoms with van der Waals surface area (Å²) in [5, 5.41) is 10.0. The molecular formula is C28H34F3N5O3. The molecule has 0 aliphatic carbocycles. The molecule has 0 bridgehead atoms. The second kappa shape index (κ2) is 12.8. The number of carbonyl (C=O) groups is 2. The van der Waals surface area contributed by atoms with Gasteiger partial charge in [-0.1, -0.05) is 26.0 Å². The number of hydrogen-bond donors (Lipinski definition) is 2. The van der Waals surface area contributed by atoms with Crippen LogP contribution in [0.2, 0.25) is 0 Å². The zero-order chi connectivity index (χ0) is 28.7. The van der Waals surface area contributed by atoms with Gasteiger partial charge in [0.25, 0.3) is 5.91 Å². The molecule has 0 fully saturated rings. The summed E-state index contributed by atoms with van der Waals surface area (Å²) in [6, 6.07) is 7.13. The lowest BCUT2D eigenvalue weighted by molar-refractivity contribution is -0.143. The van der Waals surface area contributed by atoms with Crippen LogP contribution in [0.5, 0.6) is 0 Å². The van der Waals surface area contributed by atoms with Crippen molar-refractivity contribution in [1.82, 2.24) is 20.1 Å². The van der Waals surface area contributed by atoms with Gasteiger partial charge in [0.15, 0.2) is 0 Å². The SMILES string of the molecule is CCOC(=O)CCNC(=O)c1ccc(N[C@H](CC(C)C)c2cc(C)c(-n3cc(C(F)(F)F)cn3)c(C)c2)nc1. The zero-order valence-electron chi connectivity index (χ0n) is 22.7. The summed E-state index contributed by atoms with van der Waals surface area (Å²) in [4.78, 5) is 28.2. The molecule has 0 saturated heterocycles. The van der Waals surface area contributed by atoms with Crippen molar-refractivity contribution in [2.45, 2.75) is 59.7 Å². The summed E-state index contributed by atoms with van der Waals surface area (Å²) >= 11 is 0. The number of esters is 1. The minimum Gasteiger partial charge on any atom is -0.466 e. The lowest BCUT2D eigenvalue weighted by Crippen LogP contribution is -2.26. The molecule has 0 radical (unpaired) electrons. The molecule has 11 heteroatoms. The van der Waals surface area contributed by atoms with Gasteiger partial charge in [-0.05, 0) is 61.9 Å². The van der Waals surface area contributed by atoms with Gasteiger partial charge in [0, 0.05) is 18.9 Å². The molecule has 0 aliphatic rings. The smallest absolute Gasteiger partial charge is 0.419 e. The molecule has 39 heavy (non-hydrogen) atoms. The molecule has 210 valence electrons. The van der Waals surface area contributed by atoms with Crippen molar-refractivity contribution in [3.8, 4) is 5.69 Å². The van der Waals surface area contributed by atoms with Crippen LogP contribution in [0.15, 0.2) is 42.9 Å². The maximum Gasteiger partial charge on any atom is 0.419 e. The van der Waals surface area contributed by atoms with Crippen LogP contribution in [0.1, 0.15) is 72.3 Å². The average molecular weight is 546 g/mol. The van der Waals surface area contributed by atoms with Crippen LogP contribution >= 0.6 is 0 Å². The van der Waals surface area contributed by atoms with E-state index in [0.29, 0.717) is 29.6 Å². The number of nitrogens with one attached hydrogen (secondary N) is 2. The summed E-state index contributed by atoms with van der Waals surface area (Å²) < 4.78 is 45.4. The maximum atomic E-state index is 13.1. The standard InChI is InChI=1S/C28H34F3N5O3/c1-6-39-25(37)9-10-32-27(38)20-7-8-24(33-14-20)35-23(11-17(2)3)21-12-18(4)26(19(5)13-21)36-16-22(15-34-36)28(29,30)31/h7-8,12-17,23H,6,9-11H2,1-5H3,(H,32,38)(H,33,35)/t23-/m1/s1. The highest BCUT2D eigenvalue weighted by molar-refractivity contribution is 5.94. The number of ether oxygens (including phenoxy) is 1. The molecule has 2 aromatic heterocycles. The summed E-state index contributed by atoms with van der Waals surface area (Å²) in [5.74, 6) is 0.199. The summed E-state index contributed by atoms with van der Waals surface area (Å²) in [5.41, 5.74) is 2.72. The first-order valence-corrected chi connectivity index (χ1v) is 12.8. The number of aryl methyl sites for hydroxylation is 2. The van der Waals surface area contributed by atoms with E-state index in [1.54, 1.807) is 19.1 Å². The number of halogens is 3. The molecule has 1 amide bonds. The van der Waals surface area contributed by atoms with Crippen molar-refractivity contribution < 1.29 is 27.5 Å². The Labute approximate surface area is 226 Å². The first-order chi connectivity index (χ1) is 18.4. The molecule has 0 aliphatic heterocycles. The van der Waals surface area contributed by atoms with Crippen LogP contribution in [0, 0.1) is 19.8 Å². The van der Waals surface area contributed by atoms with E-state index in [4.69, 9.17) is 4.74 Å². The van der Waals surface area contributed by atoms with E-state index in [9.17, 15) is 22.8 Å². The molecule has 2 heterocycles. The number of nitrogens with zero attached hydrogens (tertiary/aromatic N) is 3. The second-order valence-electron chi connectivity index (χ2n) is 9.74. The molecule has 0 saturated carbocycles. The van der Waals surface area contributed by atoms with Crippen molar-refractivity contribution in [2.24, 2.45) is 5.92 Å². The fourth-order valence-electron chi connectivity index (χ4n) is 4.30.